The molecule has 40 heavy (non-hydrogen) atoms. The van der Waals surface area contributed by atoms with Crippen molar-refractivity contribution in [2.45, 2.75) is 64.9 Å². The molecule has 5 unspecified atom stereocenters. The van der Waals surface area contributed by atoms with Crippen LogP contribution in [-0.2, 0) is 16.1 Å². The number of likely N-dealkylation sites (tertiary alicyclic amines) is 1. The first-order chi connectivity index (χ1) is 19.1. The summed E-state index contributed by atoms with van der Waals surface area (Å²) < 4.78 is 8.56. The van der Waals surface area contributed by atoms with Gasteiger partial charge in [0.2, 0.25) is 11.8 Å². The summed E-state index contributed by atoms with van der Waals surface area (Å²) >= 11 is 11.2. The molecule has 8 nitrogen and oxygen atoms in total. The minimum absolute atomic E-state index is 0.0408. The third-order valence-electron chi connectivity index (χ3n) is 8.72. The summed E-state index contributed by atoms with van der Waals surface area (Å²) in [6.45, 7) is 9.07. The van der Waals surface area contributed by atoms with Crippen LogP contribution in [0.3, 0.4) is 0 Å². The van der Waals surface area contributed by atoms with E-state index in [-0.39, 0.29) is 47.0 Å². The maximum absolute atomic E-state index is 12.9. The van der Waals surface area contributed by atoms with E-state index in [4.69, 9.17) is 16.3 Å². The highest BCUT2D eigenvalue weighted by Gasteiger charge is 2.72. The molecule has 2 amide bonds. The minimum Gasteiger partial charge on any atom is -0.489 e. The first kappa shape index (κ1) is 27.3. The van der Waals surface area contributed by atoms with Crippen molar-refractivity contribution < 1.29 is 14.3 Å². The molecule has 5 atom stereocenters. The molecule has 1 saturated carbocycles. The number of aliphatic imine (C=N–C) groups is 1. The second-order valence-electron chi connectivity index (χ2n) is 12.0. The summed E-state index contributed by atoms with van der Waals surface area (Å²) in [5.74, 6) is 0.503. The topological polar surface area (TPSA) is 89.2 Å². The molecule has 3 aromatic rings. The second kappa shape index (κ2) is 10.2. The number of carbonyl (C=O) groups is 2. The van der Waals surface area contributed by atoms with Gasteiger partial charge in [-0.2, -0.15) is 17.7 Å². The van der Waals surface area contributed by atoms with Gasteiger partial charge in [0.15, 0.2) is 0 Å². The summed E-state index contributed by atoms with van der Waals surface area (Å²) in [4.78, 5) is 36.3. The van der Waals surface area contributed by atoms with E-state index >= 15 is 0 Å². The molecule has 0 bridgehead atoms. The van der Waals surface area contributed by atoms with Crippen LogP contribution < -0.4 is 4.74 Å². The fraction of sp³-hybridized carbons (Fsp3) is 0.500. The van der Waals surface area contributed by atoms with Crippen LogP contribution in [0.1, 0.15) is 51.2 Å². The van der Waals surface area contributed by atoms with Crippen molar-refractivity contribution in [1.29, 1.82) is 0 Å². The predicted molar refractivity (Wildman–Crippen MR) is 158 cm³/mol. The summed E-state index contributed by atoms with van der Waals surface area (Å²) in [7, 11) is 0. The second-order valence-corrected chi connectivity index (χ2v) is 13.4. The van der Waals surface area contributed by atoms with Crippen molar-refractivity contribution in [1.82, 2.24) is 19.5 Å². The third-order valence-corrected chi connectivity index (χ3v) is 9.15. The first-order valence-corrected chi connectivity index (χ1v) is 14.8. The van der Waals surface area contributed by atoms with E-state index in [1.165, 1.54) is 11.2 Å². The fourth-order valence-electron chi connectivity index (χ4n) is 6.50. The van der Waals surface area contributed by atoms with Gasteiger partial charge < -0.3 is 4.74 Å². The number of halogens is 1. The van der Waals surface area contributed by atoms with E-state index < -0.39 is 0 Å². The van der Waals surface area contributed by atoms with Crippen LogP contribution in [0.2, 0.25) is 5.02 Å². The number of rotatable bonds is 8. The predicted octanol–water partition coefficient (Wildman–Crippen LogP) is 5.44. The van der Waals surface area contributed by atoms with Crippen LogP contribution in [-0.4, -0.2) is 55.4 Å². The van der Waals surface area contributed by atoms with Gasteiger partial charge in [0.25, 0.3) is 0 Å². The minimum atomic E-state index is -0.233. The molecule has 0 radical (unpaired) electrons. The van der Waals surface area contributed by atoms with Crippen LogP contribution in [0.5, 0.6) is 5.75 Å². The lowest BCUT2D eigenvalue weighted by atomic mass is 9.90. The summed E-state index contributed by atoms with van der Waals surface area (Å²) in [5.41, 5.74) is 3.70. The normalized spacial score (nSPS) is 24.9. The molecule has 10 heteroatoms. The maximum atomic E-state index is 12.9. The lowest BCUT2D eigenvalue weighted by Gasteiger charge is -2.31. The van der Waals surface area contributed by atoms with Crippen LogP contribution in [0, 0.1) is 30.1 Å². The van der Waals surface area contributed by atoms with E-state index in [1.807, 2.05) is 51.4 Å². The lowest BCUT2D eigenvalue weighted by molar-refractivity contribution is -0.143. The van der Waals surface area contributed by atoms with Crippen molar-refractivity contribution >= 4 is 47.8 Å². The number of imide groups is 1. The standard InChI is InChI=1S/C30H34ClN5O3S/c1-16-9-20(31)12-21(27(16)39-23(10-17(2)40)19-5-7-32-8-6-19)26-22-11-18(14-36(22)34-15-33-26)13-35-28(37)24-25(29(35)38)30(24,3)4/h7,9,11-12,14-15,17,19,23-25,40H,5-6,8,10,13H2,1-4H3. The molecule has 2 fully saturated rings. The Morgan fingerprint density at radius 3 is 2.62 bits per heavy atom. The zero-order valence-electron chi connectivity index (χ0n) is 23.2. The molecule has 0 N–H and O–H groups in total. The monoisotopic (exact) mass is 579 g/mol. The fourth-order valence-corrected chi connectivity index (χ4v) is 6.98. The number of benzene rings is 1. The highest BCUT2D eigenvalue weighted by Crippen LogP contribution is 2.63. The van der Waals surface area contributed by atoms with E-state index in [0.717, 1.165) is 53.8 Å². The molecule has 4 heterocycles. The van der Waals surface area contributed by atoms with Crippen molar-refractivity contribution in [2.75, 3.05) is 6.54 Å². The third kappa shape index (κ3) is 4.71. The zero-order chi connectivity index (χ0) is 28.3. The number of amides is 2. The van der Waals surface area contributed by atoms with E-state index in [0.29, 0.717) is 16.6 Å². The number of carbonyl (C=O) groups excluding carboxylic acids is 2. The van der Waals surface area contributed by atoms with E-state index in [2.05, 4.69) is 34.6 Å². The average molecular weight is 580 g/mol. The highest BCUT2D eigenvalue weighted by atomic mass is 35.5. The number of aromatic nitrogens is 3. The highest BCUT2D eigenvalue weighted by molar-refractivity contribution is 7.80. The Bertz CT molecular complexity index is 1510. The van der Waals surface area contributed by atoms with Crippen LogP contribution >= 0.6 is 24.2 Å². The largest absolute Gasteiger partial charge is 0.489 e. The van der Waals surface area contributed by atoms with Gasteiger partial charge in [-0.3, -0.25) is 19.5 Å². The van der Waals surface area contributed by atoms with Gasteiger partial charge in [0, 0.05) is 34.5 Å². The number of ether oxygens (including phenoxy) is 1. The average Bonchev–Trinajstić information content (AvgIpc) is 3.15. The Morgan fingerprint density at radius 1 is 1.20 bits per heavy atom. The molecule has 3 aliphatic rings. The summed E-state index contributed by atoms with van der Waals surface area (Å²) in [6.07, 6.45) is 7.95. The SMILES string of the molecule is Cc1cc(Cl)cc(-c2ncnn3cc(CN4C(=O)C5C(C4=O)C5(C)C)cc23)c1OC(CC(C)S)C1CC=NCC1. The molecular formula is C30H34ClN5O3S. The van der Waals surface area contributed by atoms with Gasteiger partial charge in [0.05, 0.1) is 23.9 Å². The van der Waals surface area contributed by atoms with Gasteiger partial charge in [-0.15, -0.1) is 0 Å². The number of thiol groups is 1. The van der Waals surface area contributed by atoms with Gasteiger partial charge >= 0.3 is 0 Å². The Balaban J connectivity index is 1.35. The molecule has 210 valence electrons. The van der Waals surface area contributed by atoms with Crippen molar-refractivity contribution in [2.24, 2.45) is 28.2 Å². The summed E-state index contributed by atoms with van der Waals surface area (Å²) in [6, 6.07) is 5.73. The number of aryl methyl sites for hydroxylation is 1. The quantitative estimate of drug-likeness (QED) is 0.284. The zero-order valence-corrected chi connectivity index (χ0v) is 24.8. The number of nitrogens with zero attached hydrogens (tertiary/aromatic N) is 5. The smallest absolute Gasteiger partial charge is 0.233 e. The van der Waals surface area contributed by atoms with Gasteiger partial charge in [-0.25, -0.2) is 9.50 Å². The number of piperidine rings is 1. The Hall–Kier alpha value is -2.91. The van der Waals surface area contributed by atoms with E-state index in [1.54, 1.807) is 4.52 Å². The number of hydrogen-bond acceptors (Lipinski definition) is 7. The number of fused-ring (bicyclic) bond motifs is 2. The Kier molecular flexibility index (Phi) is 6.94. The van der Waals surface area contributed by atoms with Gasteiger partial charge in [0.1, 0.15) is 23.9 Å². The van der Waals surface area contributed by atoms with E-state index in [9.17, 15) is 9.59 Å². The lowest BCUT2D eigenvalue weighted by Crippen LogP contribution is -2.35. The van der Waals surface area contributed by atoms with Crippen molar-refractivity contribution in [3.63, 3.8) is 0 Å². The summed E-state index contributed by atoms with van der Waals surface area (Å²) in [5, 5.41) is 5.17. The molecular weight excluding hydrogens is 546 g/mol. The van der Waals surface area contributed by atoms with Crippen molar-refractivity contribution in [3.05, 3.63) is 46.9 Å². The molecule has 1 aromatic carbocycles. The molecule has 0 spiro atoms. The van der Waals surface area contributed by atoms with Crippen molar-refractivity contribution in [3.8, 4) is 17.0 Å². The van der Waals surface area contributed by atoms with Gasteiger partial charge in [-0.1, -0.05) is 32.4 Å². The Labute approximate surface area is 244 Å². The maximum Gasteiger partial charge on any atom is 0.233 e. The Morgan fingerprint density at radius 2 is 1.95 bits per heavy atom. The van der Waals surface area contributed by atoms with Crippen LogP contribution in [0.15, 0.2) is 35.7 Å². The number of hydrogen-bond donors (Lipinski definition) is 1. The van der Waals surface area contributed by atoms with Crippen LogP contribution in [0.4, 0.5) is 0 Å². The molecule has 1 aliphatic carbocycles. The van der Waals surface area contributed by atoms with Gasteiger partial charge in [-0.05, 0) is 67.1 Å². The first-order valence-electron chi connectivity index (χ1n) is 13.9. The van der Waals surface area contributed by atoms with Crippen LogP contribution in [0.25, 0.3) is 16.8 Å². The molecule has 2 aliphatic heterocycles. The molecule has 2 aromatic heterocycles. The molecule has 1 saturated heterocycles. The molecule has 6 rings (SSSR count).